The number of fused-ring (bicyclic) bond motifs is 1. The number of anilines is 1. The molecule has 0 saturated carbocycles. The summed E-state index contributed by atoms with van der Waals surface area (Å²) in [5, 5.41) is 0.582. The molecular weight excluding hydrogens is 500 g/mol. The van der Waals surface area contributed by atoms with Crippen LogP contribution in [0.15, 0.2) is 47.4 Å². The van der Waals surface area contributed by atoms with Crippen LogP contribution >= 0.6 is 11.3 Å². The summed E-state index contributed by atoms with van der Waals surface area (Å²) in [4.78, 5) is 22.1. The standard InChI is InChI=1S/C25H32N4O5S2/c1-17-15-28(16-18(2)34-17)36(31,32)21-9-6-19(7-10-21)24(30)29(13-12-27(3)4)25-26-22-11-8-20(33-5)14-23(22)35-25/h6-11,14,17-18H,12-13,15-16H2,1-5H3. The van der Waals surface area contributed by atoms with Crippen molar-refractivity contribution < 1.29 is 22.7 Å². The van der Waals surface area contributed by atoms with Crippen molar-refractivity contribution in [1.29, 1.82) is 0 Å². The molecule has 1 aromatic heterocycles. The van der Waals surface area contributed by atoms with Crippen molar-refractivity contribution in [3.63, 3.8) is 0 Å². The molecule has 2 atom stereocenters. The van der Waals surface area contributed by atoms with Crippen molar-refractivity contribution in [1.82, 2.24) is 14.2 Å². The van der Waals surface area contributed by atoms with E-state index in [1.807, 2.05) is 51.0 Å². The Labute approximate surface area is 216 Å². The molecule has 0 aliphatic carbocycles. The third-order valence-electron chi connectivity index (χ3n) is 5.96. The summed E-state index contributed by atoms with van der Waals surface area (Å²) in [6.45, 7) is 5.40. The first-order valence-electron chi connectivity index (χ1n) is 11.8. The van der Waals surface area contributed by atoms with Gasteiger partial charge in [-0.15, -0.1) is 0 Å². The lowest BCUT2D eigenvalue weighted by Gasteiger charge is -2.34. The van der Waals surface area contributed by atoms with E-state index in [2.05, 4.69) is 4.98 Å². The Bertz CT molecular complexity index is 1310. The van der Waals surface area contributed by atoms with Crippen LogP contribution in [-0.4, -0.2) is 88.1 Å². The van der Waals surface area contributed by atoms with Gasteiger partial charge in [0.25, 0.3) is 5.91 Å². The number of nitrogens with zero attached hydrogens (tertiary/aromatic N) is 4. The Morgan fingerprint density at radius 3 is 2.39 bits per heavy atom. The molecule has 1 fully saturated rings. The molecule has 1 aliphatic heterocycles. The molecule has 2 aromatic carbocycles. The highest BCUT2D eigenvalue weighted by atomic mass is 32.2. The Kier molecular flexibility index (Phi) is 7.96. The Balaban J connectivity index is 1.61. The van der Waals surface area contributed by atoms with Gasteiger partial charge in [-0.1, -0.05) is 11.3 Å². The van der Waals surface area contributed by atoms with Gasteiger partial charge in [-0.3, -0.25) is 9.69 Å². The number of thiazole rings is 1. The monoisotopic (exact) mass is 532 g/mol. The molecule has 0 radical (unpaired) electrons. The first-order valence-corrected chi connectivity index (χ1v) is 14.0. The van der Waals surface area contributed by atoms with Gasteiger partial charge in [-0.25, -0.2) is 13.4 Å². The van der Waals surface area contributed by atoms with Gasteiger partial charge >= 0.3 is 0 Å². The molecule has 1 saturated heterocycles. The highest BCUT2D eigenvalue weighted by Gasteiger charge is 2.32. The summed E-state index contributed by atoms with van der Waals surface area (Å²) in [5.74, 6) is 0.491. The van der Waals surface area contributed by atoms with Gasteiger partial charge in [0, 0.05) is 31.7 Å². The maximum Gasteiger partial charge on any atom is 0.260 e. The molecule has 194 valence electrons. The van der Waals surface area contributed by atoms with Crippen LogP contribution in [-0.2, 0) is 14.8 Å². The van der Waals surface area contributed by atoms with Gasteiger partial charge < -0.3 is 14.4 Å². The molecule has 4 rings (SSSR count). The van der Waals surface area contributed by atoms with E-state index in [4.69, 9.17) is 9.47 Å². The molecule has 0 bridgehead atoms. The number of carbonyl (C=O) groups is 1. The molecule has 0 N–H and O–H groups in total. The Morgan fingerprint density at radius 2 is 1.78 bits per heavy atom. The Morgan fingerprint density at radius 1 is 1.11 bits per heavy atom. The third kappa shape index (κ3) is 5.70. The molecule has 2 heterocycles. The van der Waals surface area contributed by atoms with E-state index in [0.29, 0.717) is 36.9 Å². The quantitative estimate of drug-likeness (QED) is 0.440. The average molecular weight is 533 g/mol. The summed E-state index contributed by atoms with van der Waals surface area (Å²) < 4.78 is 39.7. The molecule has 9 nitrogen and oxygen atoms in total. The van der Waals surface area contributed by atoms with Crippen molar-refractivity contribution in [3.8, 4) is 5.75 Å². The fraction of sp³-hybridized carbons (Fsp3) is 0.440. The maximum atomic E-state index is 13.6. The summed E-state index contributed by atoms with van der Waals surface area (Å²) in [6.07, 6.45) is -0.355. The summed E-state index contributed by atoms with van der Waals surface area (Å²) >= 11 is 1.42. The number of rotatable bonds is 8. The fourth-order valence-electron chi connectivity index (χ4n) is 4.12. The topological polar surface area (TPSA) is 92.3 Å². The molecule has 36 heavy (non-hydrogen) atoms. The van der Waals surface area contributed by atoms with Crippen molar-refractivity contribution in [2.75, 3.05) is 52.3 Å². The maximum absolute atomic E-state index is 13.6. The van der Waals surface area contributed by atoms with E-state index < -0.39 is 10.0 Å². The zero-order chi connectivity index (χ0) is 26.0. The number of likely N-dealkylation sites (N-methyl/N-ethyl adjacent to an activating group) is 1. The summed E-state index contributed by atoms with van der Waals surface area (Å²) in [6, 6.07) is 11.8. The molecule has 0 spiro atoms. The van der Waals surface area contributed by atoms with Crippen LogP contribution in [0.25, 0.3) is 10.2 Å². The smallest absolute Gasteiger partial charge is 0.260 e. The van der Waals surface area contributed by atoms with Crippen LogP contribution in [0.1, 0.15) is 24.2 Å². The van der Waals surface area contributed by atoms with Gasteiger partial charge in [0.2, 0.25) is 10.0 Å². The van der Waals surface area contributed by atoms with Gasteiger partial charge in [0.1, 0.15) is 5.75 Å². The minimum absolute atomic E-state index is 0.160. The number of carbonyl (C=O) groups excluding carboxylic acids is 1. The van der Waals surface area contributed by atoms with Crippen LogP contribution in [0.5, 0.6) is 5.75 Å². The molecule has 1 aliphatic rings. The van der Waals surface area contributed by atoms with E-state index in [1.165, 1.54) is 27.8 Å². The van der Waals surface area contributed by atoms with Gasteiger partial charge in [0.15, 0.2) is 5.13 Å². The zero-order valence-electron chi connectivity index (χ0n) is 21.2. The third-order valence-corrected chi connectivity index (χ3v) is 8.84. The number of morpholine rings is 1. The molecule has 3 aromatic rings. The highest BCUT2D eigenvalue weighted by molar-refractivity contribution is 7.89. The summed E-state index contributed by atoms with van der Waals surface area (Å²) in [5.41, 5.74) is 1.18. The number of hydrogen-bond acceptors (Lipinski definition) is 8. The predicted octanol–water partition coefficient (Wildman–Crippen LogP) is 3.31. The SMILES string of the molecule is COc1ccc2nc(N(CCN(C)C)C(=O)c3ccc(S(=O)(=O)N4CC(C)OC(C)C4)cc3)sc2c1. The molecule has 11 heteroatoms. The lowest BCUT2D eigenvalue weighted by molar-refractivity contribution is -0.0440. The van der Waals surface area contributed by atoms with Crippen LogP contribution in [0.2, 0.25) is 0 Å². The number of ether oxygens (including phenoxy) is 2. The van der Waals surface area contributed by atoms with Crippen LogP contribution in [0.3, 0.4) is 0 Å². The second-order valence-corrected chi connectivity index (χ2v) is 12.1. The fourth-order valence-corrected chi connectivity index (χ4v) is 6.73. The second kappa shape index (κ2) is 10.8. The first-order chi connectivity index (χ1) is 17.1. The predicted molar refractivity (Wildman–Crippen MR) is 142 cm³/mol. The van der Waals surface area contributed by atoms with Gasteiger partial charge in [-0.2, -0.15) is 4.31 Å². The minimum Gasteiger partial charge on any atom is -0.497 e. The largest absolute Gasteiger partial charge is 0.497 e. The second-order valence-electron chi connectivity index (χ2n) is 9.19. The zero-order valence-corrected chi connectivity index (χ0v) is 22.8. The lowest BCUT2D eigenvalue weighted by atomic mass is 10.2. The molecule has 1 amide bonds. The highest BCUT2D eigenvalue weighted by Crippen LogP contribution is 2.32. The number of sulfonamides is 1. The number of methoxy groups -OCH3 is 1. The number of aromatic nitrogens is 1. The van der Waals surface area contributed by atoms with Crippen LogP contribution in [0.4, 0.5) is 5.13 Å². The number of amides is 1. The molecular formula is C25H32N4O5S2. The number of hydrogen-bond donors (Lipinski definition) is 0. The van der Waals surface area contributed by atoms with Crippen molar-refractivity contribution in [2.24, 2.45) is 0 Å². The van der Waals surface area contributed by atoms with E-state index in [1.54, 1.807) is 24.1 Å². The summed E-state index contributed by atoms with van der Waals surface area (Å²) in [7, 11) is 1.81. The van der Waals surface area contributed by atoms with E-state index in [-0.39, 0.29) is 23.0 Å². The average Bonchev–Trinajstić information content (AvgIpc) is 3.26. The van der Waals surface area contributed by atoms with Gasteiger partial charge in [0.05, 0.1) is 34.4 Å². The Hall–Kier alpha value is -2.57. The van der Waals surface area contributed by atoms with Crippen molar-refractivity contribution in [3.05, 3.63) is 48.0 Å². The van der Waals surface area contributed by atoms with Crippen LogP contribution in [0, 0.1) is 0 Å². The van der Waals surface area contributed by atoms with E-state index in [0.717, 1.165) is 16.0 Å². The van der Waals surface area contributed by atoms with E-state index >= 15 is 0 Å². The van der Waals surface area contributed by atoms with Crippen LogP contribution < -0.4 is 9.64 Å². The van der Waals surface area contributed by atoms with E-state index in [9.17, 15) is 13.2 Å². The number of benzene rings is 2. The molecule has 2 unspecified atom stereocenters. The minimum atomic E-state index is -3.69. The first kappa shape index (κ1) is 26.5. The van der Waals surface area contributed by atoms with Gasteiger partial charge in [-0.05, 0) is 70.4 Å². The normalized spacial score (nSPS) is 19.1. The van der Waals surface area contributed by atoms with Crippen molar-refractivity contribution >= 4 is 42.6 Å². The lowest BCUT2D eigenvalue weighted by Crippen LogP contribution is -2.48. The van der Waals surface area contributed by atoms with Crippen molar-refractivity contribution in [2.45, 2.75) is 31.0 Å².